The van der Waals surface area contributed by atoms with E-state index in [1.54, 1.807) is 0 Å². The number of anilines is 1. The van der Waals surface area contributed by atoms with Crippen molar-refractivity contribution in [1.82, 2.24) is 10.3 Å². The first-order chi connectivity index (χ1) is 9.20. The number of aromatic nitrogens is 1. The Kier molecular flexibility index (Phi) is 5.60. The third kappa shape index (κ3) is 4.16. The van der Waals surface area contributed by atoms with Gasteiger partial charge in [0.2, 0.25) is 0 Å². The van der Waals surface area contributed by atoms with E-state index in [4.69, 9.17) is 9.72 Å². The monoisotopic (exact) mass is 283 g/mol. The first-order valence-corrected chi connectivity index (χ1v) is 7.98. The Bertz CT molecular complexity index is 388. The molecule has 0 aromatic carbocycles. The van der Waals surface area contributed by atoms with E-state index in [-0.39, 0.29) is 0 Å². The molecule has 0 spiro atoms. The molecule has 1 fully saturated rings. The zero-order valence-electron chi connectivity index (χ0n) is 12.2. The van der Waals surface area contributed by atoms with Gasteiger partial charge in [0, 0.05) is 38.2 Å². The van der Waals surface area contributed by atoms with Crippen molar-refractivity contribution in [3.63, 3.8) is 0 Å². The van der Waals surface area contributed by atoms with E-state index >= 15 is 0 Å². The summed E-state index contributed by atoms with van der Waals surface area (Å²) in [4.78, 5) is 8.37. The number of ether oxygens (including phenoxy) is 1. The summed E-state index contributed by atoms with van der Waals surface area (Å²) in [7, 11) is 2.16. The van der Waals surface area contributed by atoms with Gasteiger partial charge in [-0.1, -0.05) is 6.92 Å². The fourth-order valence-corrected chi connectivity index (χ4v) is 3.37. The summed E-state index contributed by atoms with van der Waals surface area (Å²) in [5, 5.41) is 4.52. The van der Waals surface area contributed by atoms with Gasteiger partial charge in [0.15, 0.2) is 5.13 Å². The van der Waals surface area contributed by atoms with Gasteiger partial charge in [-0.3, -0.25) is 0 Å². The highest BCUT2D eigenvalue weighted by atomic mass is 32.1. The lowest BCUT2D eigenvalue weighted by Crippen LogP contribution is -2.29. The van der Waals surface area contributed by atoms with Crippen molar-refractivity contribution in [3.05, 3.63) is 10.6 Å². The summed E-state index contributed by atoms with van der Waals surface area (Å²) >= 11 is 1.82. The van der Waals surface area contributed by atoms with Gasteiger partial charge in [0.05, 0.1) is 5.69 Å². The van der Waals surface area contributed by atoms with Crippen LogP contribution in [0.4, 0.5) is 5.13 Å². The Morgan fingerprint density at radius 2 is 2.16 bits per heavy atom. The zero-order valence-corrected chi connectivity index (χ0v) is 13.1. The predicted octanol–water partition coefficient (Wildman–Crippen LogP) is 2.42. The molecule has 1 saturated heterocycles. The first-order valence-electron chi connectivity index (χ1n) is 7.16. The molecule has 0 aliphatic carbocycles. The third-order valence-electron chi connectivity index (χ3n) is 3.62. The molecule has 0 bridgehead atoms. The lowest BCUT2D eigenvalue weighted by Gasteiger charge is -2.26. The van der Waals surface area contributed by atoms with Gasteiger partial charge >= 0.3 is 0 Å². The van der Waals surface area contributed by atoms with Crippen molar-refractivity contribution in [2.24, 2.45) is 5.92 Å². The predicted molar refractivity (Wildman–Crippen MR) is 81.0 cm³/mol. The SMILES string of the molecule is CCNCc1sc(N(C)CC2CCOCC2)nc1C. The molecule has 19 heavy (non-hydrogen) atoms. The maximum Gasteiger partial charge on any atom is 0.185 e. The number of hydrogen-bond acceptors (Lipinski definition) is 5. The van der Waals surface area contributed by atoms with E-state index in [0.717, 1.165) is 43.9 Å². The van der Waals surface area contributed by atoms with Crippen LogP contribution in [0.3, 0.4) is 0 Å². The van der Waals surface area contributed by atoms with Crippen LogP contribution >= 0.6 is 11.3 Å². The molecular weight excluding hydrogens is 258 g/mol. The highest BCUT2D eigenvalue weighted by Gasteiger charge is 2.18. The summed E-state index contributed by atoms with van der Waals surface area (Å²) in [5.41, 5.74) is 1.17. The van der Waals surface area contributed by atoms with Crippen LogP contribution in [-0.4, -0.2) is 38.3 Å². The van der Waals surface area contributed by atoms with Gasteiger partial charge in [-0.05, 0) is 32.2 Å². The van der Waals surface area contributed by atoms with Crippen molar-refractivity contribution in [1.29, 1.82) is 0 Å². The minimum Gasteiger partial charge on any atom is -0.381 e. The van der Waals surface area contributed by atoms with Crippen molar-refractivity contribution in [3.8, 4) is 0 Å². The van der Waals surface area contributed by atoms with Crippen molar-refractivity contribution in [2.45, 2.75) is 33.2 Å². The molecule has 0 saturated carbocycles. The van der Waals surface area contributed by atoms with E-state index in [1.807, 2.05) is 11.3 Å². The average molecular weight is 283 g/mol. The Balaban J connectivity index is 1.92. The van der Waals surface area contributed by atoms with Crippen molar-refractivity contribution in [2.75, 3.05) is 38.3 Å². The van der Waals surface area contributed by atoms with E-state index in [2.05, 4.69) is 31.1 Å². The Morgan fingerprint density at radius 3 is 2.84 bits per heavy atom. The molecule has 0 atom stereocenters. The van der Waals surface area contributed by atoms with Crippen LogP contribution in [-0.2, 0) is 11.3 Å². The fourth-order valence-electron chi connectivity index (χ4n) is 2.37. The molecule has 0 unspecified atom stereocenters. The van der Waals surface area contributed by atoms with Crippen LogP contribution in [0.15, 0.2) is 0 Å². The number of nitrogens with one attached hydrogen (secondary N) is 1. The summed E-state index contributed by atoms with van der Waals surface area (Å²) in [6, 6.07) is 0. The number of nitrogens with zero attached hydrogens (tertiary/aromatic N) is 2. The maximum absolute atomic E-state index is 5.41. The van der Waals surface area contributed by atoms with Crippen LogP contribution < -0.4 is 10.2 Å². The highest BCUT2D eigenvalue weighted by molar-refractivity contribution is 7.15. The lowest BCUT2D eigenvalue weighted by atomic mass is 10.0. The quantitative estimate of drug-likeness (QED) is 0.870. The molecule has 1 aliphatic heterocycles. The van der Waals surface area contributed by atoms with Crippen LogP contribution in [0.1, 0.15) is 30.3 Å². The summed E-state index contributed by atoms with van der Waals surface area (Å²) in [5.74, 6) is 0.750. The second-order valence-corrected chi connectivity index (χ2v) is 6.28. The summed E-state index contributed by atoms with van der Waals surface area (Å²) < 4.78 is 5.41. The molecule has 4 nitrogen and oxygen atoms in total. The number of aryl methyl sites for hydroxylation is 1. The third-order valence-corrected chi connectivity index (χ3v) is 4.89. The van der Waals surface area contributed by atoms with Gasteiger partial charge in [-0.15, -0.1) is 11.3 Å². The van der Waals surface area contributed by atoms with E-state index in [1.165, 1.54) is 23.4 Å². The zero-order chi connectivity index (χ0) is 13.7. The molecule has 1 aromatic rings. The molecular formula is C14H25N3OS. The van der Waals surface area contributed by atoms with Gasteiger partial charge in [0.25, 0.3) is 0 Å². The van der Waals surface area contributed by atoms with Gasteiger partial charge < -0.3 is 15.0 Å². The van der Waals surface area contributed by atoms with Crippen LogP contribution in [0.25, 0.3) is 0 Å². The Morgan fingerprint density at radius 1 is 1.42 bits per heavy atom. The molecule has 2 heterocycles. The van der Waals surface area contributed by atoms with Crippen molar-refractivity contribution >= 4 is 16.5 Å². The molecule has 1 aliphatic rings. The second kappa shape index (κ2) is 7.22. The fraction of sp³-hybridized carbons (Fsp3) is 0.786. The summed E-state index contributed by atoms with van der Waals surface area (Å²) in [6.07, 6.45) is 2.36. The molecule has 108 valence electrons. The highest BCUT2D eigenvalue weighted by Crippen LogP contribution is 2.27. The number of rotatable bonds is 6. The Labute approximate surface area is 120 Å². The molecule has 1 N–H and O–H groups in total. The standard InChI is InChI=1S/C14H25N3OS/c1-4-15-9-13-11(2)16-14(19-13)17(3)10-12-5-7-18-8-6-12/h12,15H,4-10H2,1-3H3. The van der Waals surface area contributed by atoms with E-state index in [9.17, 15) is 0 Å². The molecule has 1 aromatic heterocycles. The normalized spacial score (nSPS) is 16.8. The van der Waals surface area contributed by atoms with E-state index < -0.39 is 0 Å². The smallest absolute Gasteiger partial charge is 0.185 e. The van der Waals surface area contributed by atoms with Gasteiger partial charge in [-0.2, -0.15) is 0 Å². The Hall–Kier alpha value is -0.650. The number of hydrogen-bond donors (Lipinski definition) is 1. The average Bonchev–Trinajstić information content (AvgIpc) is 2.79. The minimum absolute atomic E-state index is 0.750. The maximum atomic E-state index is 5.41. The molecule has 0 amide bonds. The van der Waals surface area contributed by atoms with Gasteiger partial charge in [-0.25, -0.2) is 4.98 Å². The van der Waals surface area contributed by atoms with Gasteiger partial charge in [0.1, 0.15) is 0 Å². The number of thiazole rings is 1. The molecule has 2 rings (SSSR count). The lowest BCUT2D eigenvalue weighted by molar-refractivity contribution is 0.0685. The summed E-state index contributed by atoms with van der Waals surface area (Å²) in [6.45, 7) is 9.11. The van der Waals surface area contributed by atoms with E-state index in [0.29, 0.717) is 0 Å². The van der Waals surface area contributed by atoms with Crippen LogP contribution in [0, 0.1) is 12.8 Å². The first kappa shape index (κ1) is 14.8. The second-order valence-electron chi connectivity index (χ2n) is 5.22. The van der Waals surface area contributed by atoms with Crippen LogP contribution in [0.2, 0.25) is 0 Å². The van der Waals surface area contributed by atoms with Crippen molar-refractivity contribution < 1.29 is 4.74 Å². The molecule has 5 heteroatoms. The largest absolute Gasteiger partial charge is 0.381 e. The topological polar surface area (TPSA) is 37.4 Å². The minimum atomic E-state index is 0.750. The molecule has 0 radical (unpaired) electrons. The van der Waals surface area contributed by atoms with Crippen LogP contribution in [0.5, 0.6) is 0 Å².